The van der Waals surface area contributed by atoms with Crippen LogP contribution in [0.3, 0.4) is 0 Å². The van der Waals surface area contributed by atoms with Crippen molar-refractivity contribution in [3.05, 3.63) is 72.9 Å². The summed E-state index contributed by atoms with van der Waals surface area (Å²) >= 11 is 0. The summed E-state index contributed by atoms with van der Waals surface area (Å²) in [5.41, 5.74) is 2.06. The molecule has 0 fully saturated rings. The van der Waals surface area contributed by atoms with Crippen molar-refractivity contribution in [2.24, 2.45) is 0 Å². The zero-order valence-electron chi connectivity index (χ0n) is 10.9. The smallest absolute Gasteiger partial charge is 0 e. The van der Waals surface area contributed by atoms with E-state index in [1.165, 1.54) is 21.5 Å². The molecule has 0 bridgehead atoms. The predicted octanol–water partition coefficient (Wildman–Crippen LogP) is 4.59. The minimum Gasteiger partial charge on any atom is -0.474 e. The van der Waals surface area contributed by atoms with Crippen molar-refractivity contribution in [2.45, 2.75) is 0 Å². The topological polar surface area (TPSA) is 15.8 Å². The van der Waals surface area contributed by atoms with Crippen molar-refractivity contribution in [1.29, 1.82) is 0 Å². The molecule has 4 rings (SSSR count). The summed E-state index contributed by atoms with van der Waals surface area (Å²) in [6.07, 6.45) is 1.89. The Morgan fingerprint density at radius 2 is 1.60 bits per heavy atom. The Kier molecular flexibility index (Phi) is 3.73. The van der Waals surface area contributed by atoms with E-state index in [0.717, 1.165) is 11.3 Å². The van der Waals surface area contributed by atoms with Gasteiger partial charge in [0.05, 0.1) is 0 Å². The molecule has 93 valence electrons. The number of hydrogen-bond donors (Lipinski definition) is 1. The molecule has 1 N–H and O–H groups in total. The van der Waals surface area contributed by atoms with Crippen molar-refractivity contribution in [2.75, 3.05) is 0 Å². The summed E-state index contributed by atoms with van der Waals surface area (Å²) in [5, 5.41) is 4.96. The quantitative estimate of drug-likeness (QED) is 0.388. The summed E-state index contributed by atoms with van der Waals surface area (Å²) < 4.78 is 0. The molecule has 2 heteroatoms. The van der Waals surface area contributed by atoms with Gasteiger partial charge in [0.15, 0.2) is 0 Å². The first-order valence-corrected chi connectivity index (χ1v) is 6.30. The van der Waals surface area contributed by atoms with Crippen LogP contribution in [-0.4, -0.2) is 4.98 Å². The fourth-order valence-corrected chi connectivity index (χ4v) is 2.55. The molecule has 1 radical (unpaired) electrons. The van der Waals surface area contributed by atoms with E-state index in [-0.39, 0.29) is 32.7 Å². The number of nitrogens with one attached hydrogen (secondary N) is 1. The van der Waals surface area contributed by atoms with E-state index in [1.807, 2.05) is 18.3 Å². The van der Waals surface area contributed by atoms with Gasteiger partial charge >= 0.3 is 0 Å². The van der Waals surface area contributed by atoms with Crippen LogP contribution in [-0.2, 0) is 32.7 Å². The van der Waals surface area contributed by atoms with E-state index in [2.05, 4.69) is 59.6 Å². The van der Waals surface area contributed by atoms with Crippen molar-refractivity contribution >= 4 is 21.5 Å². The number of aromatic amines is 1. The van der Waals surface area contributed by atoms with Crippen LogP contribution >= 0.6 is 0 Å². The van der Waals surface area contributed by atoms with Gasteiger partial charge in [0.2, 0.25) is 0 Å². The molecule has 0 atom stereocenters. The maximum Gasteiger partial charge on any atom is 0 e. The average Bonchev–Trinajstić information content (AvgIpc) is 2.98. The van der Waals surface area contributed by atoms with Gasteiger partial charge in [-0.2, -0.15) is 23.2 Å². The van der Waals surface area contributed by atoms with E-state index in [9.17, 15) is 0 Å². The molecule has 20 heavy (non-hydrogen) atoms. The molecule has 0 aliphatic carbocycles. The molecule has 3 aromatic carbocycles. The second-order valence-corrected chi connectivity index (χ2v) is 4.64. The van der Waals surface area contributed by atoms with Gasteiger partial charge in [0, 0.05) is 32.7 Å². The molecule has 0 aliphatic rings. The summed E-state index contributed by atoms with van der Waals surface area (Å²) in [5.74, 6) is 0. The van der Waals surface area contributed by atoms with Gasteiger partial charge in [0.1, 0.15) is 0 Å². The second kappa shape index (κ2) is 5.51. The van der Waals surface area contributed by atoms with Gasteiger partial charge in [-0.25, -0.2) is 17.7 Å². The van der Waals surface area contributed by atoms with Crippen molar-refractivity contribution < 1.29 is 32.7 Å². The van der Waals surface area contributed by atoms with Gasteiger partial charge in [0.25, 0.3) is 0 Å². The minimum absolute atomic E-state index is 0. The molecule has 0 saturated carbocycles. The molecule has 0 amide bonds. The molecule has 0 unspecified atom stereocenters. The van der Waals surface area contributed by atoms with E-state index in [4.69, 9.17) is 0 Å². The molecule has 0 saturated heterocycles. The Morgan fingerprint density at radius 3 is 2.35 bits per heavy atom. The van der Waals surface area contributed by atoms with Gasteiger partial charge in [-0.1, -0.05) is 30.3 Å². The monoisotopic (exact) mass is 330 g/mol. The van der Waals surface area contributed by atoms with Crippen LogP contribution in [0, 0.1) is 12.1 Å². The fraction of sp³-hybridized carbons (Fsp3) is 0. The maximum atomic E-state index is 3.32. The predicted molar refractivity (Wildman–Crippen MR) is 78.9 cm³/mol. The molecule has 1 aromatic heterocycles. The van der Waals surface area contributed by atoms with Crippen LogP contribution < -0.4 is 0 Å². The van der Waals surface area contributed by atoms with E-state index in [1.54, 1.807) is 0 Å². The Hall–Kier alpha value is -1.44. The van der Waals surface area contributed by atoms with Crippen LogP contribution in [0.5, 0.6) is 0 Å². The standard InChI is InChI=1S/C18H11N.Y/c1-2-6-14-12-17-15(11-13(14)5-1)7-3-8-16(17)18-9-4-10-19-18;/h1-7,10-12,19H;/q-2;. The second-order valence-electron chi connectivity index (χ2n) is 4.64. The largest absolute Gasteiger partial charge is 0.474 e. The Morgan fingerprint density at radius 1 is 0.800 bits per heavy atom. The third-order valence-corrected chi connectivity index (χ3v) is 3.47. The SMILES string of the molecule is [Y].[c-]1cc[nH]c1-c1[c-]ccc2cc3ccccc3cc12. The van der Waals surface area contributed by atoms with Crippen LogP contribution in [0.15, 0.2) is 60.8 Å². The first-order chi connectivity index (χ1) is 9.42. The minimum atomic E-state index is 0. The van der Waals surface area contributed by atoms with Crippen LogP contribution in [0.1, 0.15) is 0 Å². The molecule has 0 aliphatic heterocycles. The molecule has 0 spiro atoms. The summed E-state index contributed by atoms with van der Waals surface area (Å²) in [6.45, 7) is 0. The van der Waals surface area contributed by atoms with Crippen LogP contribution in [0.25, 0.3) is 32.8 Å². The number of aromatic nitrogens is 1. The zero-order chi connectivity index (χ0) is 12.7. The number of H-pyrrole nitrogens is 1. The summed E-state index contributed by atoms with van der Waals surface area (Å²) in [7, 11) is 0. The van der Waals surface area contributed by atoms with Crippen LogP contribution in [0.2, 0.25) is 0 Å². The number of benzene rings is 3. The molecule has 1 nitrogen and oxygen atoms in total. The summed E-state index contributed by atoms with van der Waals surface area (Å²) in [4.78, 5) is 3.21. The first-order valence-electron chi connectivity index (χ1n) is 6.30. The number of hydrogen-bond acceptors (Lipinski definition) is 0. The molecule has 1 heterocycles. The summed E-state index contributed by atoms with van der Waals surface area (Å²) in [6, 6.07) is 25.4. The van der Waals surface area contributed by atoms with Gasteiger partial charge in [-0.3, -0.25) is 0 Å². The molecule has 4 aromatic rings. The van der Waals surface area contributed by atoms with Crippen molar-refractivity contribution in [3.63, 3.8) is 0 Å². The van der Waals surface area contributed by atoms with E-state index < -0.39 is 0 Å². The van der Waals surface area contributed by atoms with E-state index in [0.29, 0.717) is 0 Å². The molecular weight excluding hydrogens is 319 g/mol. The van der Waals surface area contributed by atoms with Gasteiger partial charge in [-0.15, -0.1) is 23.7 Å². The normalized spacial score (nSPS) is 10.6. The third kappa shape index (κ3) is 2.21. The first kappa shape index (κ1) is 13.5. The van der Waals surface area contributed by atoms with Gasteiger partial charge in [-0.05, 0) is 10.8 Å². The van der Waals surface area contributed by atoms with Crippen LogP contribution in [0.4, 0.5) is 0 Å². The maximum absolute atomic E-state index is 3.32. The van der Waals surface area contributed by atoms with Crippen molar-refractivity contribution in [3.8, 4) is 11.3 Å². The Bertz CT molecular complexity index is 863. The number of rotatable bonds is 1. The van der Waals surface area contributed by atoms with Crippen molar-refractivity contribution in [1.82, 2.24) is 4.98 Å². The number of fused-ring (bicyclic) bond motifs is 2. The third-order valence-electron chi connectivity index (χ3n) is 3.47. The Balaban J connectivity index is 0.00000121. The van der Waals surface area contributed by atoms with E-state index >= 15 is 0 Å². The fourth-order valence-electron chi connectivity index (χ4n) is 2.55. The Labute approximate surface area is 142 Å². The zero-order valence-corrected chi connectivity index (χ0v) is 13.7. The molecular formula is C18H11NY-2. The average molecular weight is 330 g/mol. The van der Waals surface area contributed by atoms with Gasteiger partial charge < -0.3 is 4.98 Å².